The summed E-state index contributed by atoms with van der Waals surface area (Å²) in [4.78, 5) is 4.43. The van der Waals surface area contributed by atoms with Gasteiger partial charge in [-0.3, -0.25) is 0 Å². The molecule has 0 saturated heterocycles. The van der Waals surface area contributed by atoms with Crippen molar-refractivity contribution in [1.82, 2.24) is 14.6 Å². The normalized spacial score (nSPS) is 13.8. The Hall–Kier alpha value is -1.10. The van der Waals surface area contributed by atoms with Gasteiger partial charge in [0.15, 0.2) is 5.65 Å². The molecule has 0 spiro atoms. The van der Waals surface area contributed by atoms with Crippen LogP contribution in [-0.2, 0) is 0 Å². The molecule has 0 amide bonds. The molecule has 18 heavy (non-hydrogen) atoms. The molecule has 2 heterocycles. The second kappa shape index (κ2) is 4.88. The molecule has 0 radical (unpaired) electrons. The van der Waals surface area contributed by atoms with E-state index in [-0.39, 0.29) is 5.41 Å². The van der Waals surface area contributed by atoms with Crippen LogP contribution in [0.3, 0.4) is 0 Å². The van der Waals surface area contributed by atoms with Crippen LogP contribution in [0.25, 0.3) is 5.65 Å². The second-order valence-electron chi connectivity index (χ2n) is 5.73. The number of nitrogens with one attached hydrogen (secondary N) is 1. The summed E-state index contributed by atoms with van der Waals surface area (Å²) in [5, 5.41) is 7.69. The summed E-state index contributed by atoms with van der Waals surface area (Å²) in [6.45, 7) is 9.84. The molecule has 0 aliphatic heterocycles. The van der Waals surface area contributed by atoms with Crippen LogP contribution in [0.4, 0.5) is 5.95 Å². The van der Waals surface area contributed by atoms with Gasteiger partial charge in [0.2, 0.25) is 5.95 Å². The minimum absolute atomic E-state index is 0.287. The predicted octanol–water partition coefficient (Wildman–Crippen LogP) is 3.59. The Labute approximate surface area is 116 Å². The lowest BCUT2D eigenvalue weighted by atomic mass is 9.82. The van der Waals surface area contributed by atoms with Crippen molar-refractivity contribution >= 4 is 27.5 Å². The minimum Gasteiger partial charge on any atom is -0.353 e. The Morgan fingerprint density at radius 2 is 2.11 bits per heavy atom. The van der Waals surface area contributed by atoms with Crippen LogP contribution in [0.15, 0.2) is 22.8 Å². The molecule has 0 aliphatic rings. The summed E-state index contributed by atoms with van der Waals surface area (Å²) in [6, 6.07) is 3.90. The number of halogens is 1. The van der Waals surface area contributed by atoms with Gasteiger partial charge in [0.05, 0.1) is 0 Å². The van der Waals surface area contributed by atoms with Crippen LogP contribution in [0.1, 0.15) is 27.7 Å². The third-order valence-corrected chi connectivity index (χ3v) is 3.81. The van der Waals surface area contributed by atoms with Crippen molar-refractivity contribution in [2.75, 3.05) is 11.9 Å². The van der Waals surface area contributed by atoms with Crippen molar-refractivity contribution < 1.29 is 0 Å². The predicted molar refractivity (Wildman–Crippen MR) is 77.8 cm³/mol. The Kier molecular flexibility index (Phi) is 3.61. The molecule has 1 N–H and O–H groups in total. The van der Waals surface area contributed by atoms with Gasteiger partial charge in [-0.05, 0) is 39.4 Å². The molecule has 2 rings (SSSR count). The summed E-state index contributed by atoms with van der Waals surface area (Å²) in [5.41, 5.74) is 1.14. The number of fused-ring (bicyclic) bond motifs is 1. The minimum atomic E-state index is 0.287. The van der Waals surface area contributed by atoms with Crippen LogP contribution < -0.4 is 5.32 Å². The van der Waals surface area contributed by atoms with E-state index in [9.17, 15) is 0 Å². The lowest BCUT2D eigenvalue weighted by Crippen LogP contribution is -2.25. The van der Waals surface area contributed by atoms with Gasteiger partial charge in [-0.15, -0.1) is 5.10 Å². The molecule has 1 unspecified atom stereocenters. The fraction of sp³-hybridized carbons (Fsp3) is 0.538. The second-order valence-corrected chi connectivity index (χ2v) is 6.65. The average Bonchev–Trinajstić information content (AvgIpc) is 2.66. The molecule has 2 aromatic heterocycles. The SMILES string of the molecule is CC(CNc1nc2ccc(Br)cn2n1)C(C)(C)C. The van der Waals surface area contributed by atoms with Gasteiger partial charge in [0.25, 0.3) is 0 Å². The fourth-order valence-corrected chi connectivity index (χ4v) is 1.81. The van der Waals surface area contributed by atoms with Gasteiger partial charge in [0, 0.05) is 17.2 Å². The van der Waals surface area contributed by atoms with Crippen LogP contribution >= 0.6 is 15.9 Å². The van der Waals surface area contributed by atoms with Crippen LogP contribution in [0, 0.1) is 11.3 Å². The highest BCUT2D eigenvalue weighted by atomic mass is 79.9. The van der Waals surface area contributed by atoms with E-state index in [1.165, 1.54) is 0 Å². The van der Waals surface area contributed by atoms with Crippen molar-refractivity contribution in [3.63, 3.8) is 0 Å². The number of rotatable bonds is 3. The summed E-state index contributed by atoms with van der Waals surface area (Å²) in [7, 11) is 0. The third kappa shape index (κ3) is 3.02. The zero-order valence-corrected chi connectivity index (χ0v) is 12.8. The summed E-state index contributed by atoms with van der Waals surface area (Å²) < 4.78 is 2.77. The topological polar surface area (TPSA) is 42.2 Å². The fourth-order valence-electron chi connectivity index (χ4n) is 1.48. The maximum Gasteiger partial charge on any atom is 0.243 e. The van der Waals surface area contributed by atoms with Gasteiger partial charge >= 0.3 is 0 Å². The van der Waals surface area contributed by atoms with Gasteiger partial charge in [-0.25, -0.2) is 4.52 Å². The van der Waals surface area contributed by atoms with E-state index in [2.05, 4.69) is 59.0 Å². The van der Waals surface area contributed by atoms with E-state index in [1.807, 2.05) is 18.3 Å². The van der Waals surface area contributed by atoms with E-state index in [4.69, 9.17) is 0 Å². The maximum atomic E-state index is 4.43. The van der Waals surface area contributed by atoms with E-state index < -0.39 is 0 Å². The Morgan fingerprint density at radius 3 is 2.78 bits per heavy atom. The Balaban J connectivity index is 2.09. The number of hydrogen-bond donors (Lipinski definition) is 1. The molecule has 0 aliphatic carbocycles. The smallest absolute Gasteiger partial charge is 0.243 e. The molecule has 4 nitrogen and oxygen atoms in total. The third-order valence-electron chi connectivity index (χ3n) is 3.34. The number of anilines is 1. The zero-order chi connectivity index (χ0) is 13.3. The number of hydrogen-bond acceptors (Lipinski definition) is 3. The largest absolute Gasteiger partial charge is 0.353 e. The molecule has 5 heteroatoms. The first-order valence-electron chi connectivity index (χ1n) is 6.12. The first-order valence-corrected chi connectivity index (χ1v) is 6.91. The number of aromatic nitrogens is 3. The van der Waals surface area contributed by atoms with E-state index >= 15 is 0 Å². The van der Waals surface area contributed by atoms with Crippen LogP contribution in [0.2, 0.25) is 0 Å². The van der Waals surface area contributed by atoms with Crippen molar-refractivity contribution in [2.45, 2.75) is 27.7 Å². The lowest BCUT2D eigenvalue weighted by molar-refractivity contribution is 0.274. The summed E-state index contributed by atoms with van der Waals surface area (Å²) in [5.74, 6) is 1.24. The van der Waals surface area contributed by atoms with Crippen molar-refractivity contribution in [1.29, 1.82) is 0 Å². The molecule has 0 aromatic carbocycles. The zero-order valence-electron chi connectivity index (χ0n) is 11.2. The van der Waals surface area contributed by atoms with E-state index in [1.54, 1.807) is 4.52 Å². The first-order chi connectivity index (χ1) is 8.36. The highest BCUT2D eigenvalue weighted by molar-refractivity contribution is 9.10. The van der Waals surface area contributed by atoms with E-state index in [0.717, 1.165) is 16.7 Å². The molecule has 0 bridgehead atoms. The molecule has 1 atom stereocenters. The van der Waals surface area contributed by atoms with Gasteiger partial charge < -0.3 is 5.32 Å². The summed E-state index contributed by atoms with van der Waals surface area (Å²) >= 11 is 3.42. The quantitative estimate of drug-likeness (QED) is 0.942. The molecule has 0 fully saturated rings. The highest BCUT2D eigenvalue weighted by Gasteiger charge is 2.20. The van der Waals surface area contributed by atoms with Gasteiger partial charge in [-0.2, -0.15) is 4.98 Å². The molecule has 0 saturated carbocycles. The van der Waals surface area contributed by atoms with Gasteiger partial charge in [-0.1, -0.05) is 27.7 Å². The van der Waals surface area contributed by atoms with Gasteiger partial charge in [0.1, 0.15) is 0 Å². The average molecular weight is 311 g/mol. The molecular weight excluding hydrogens is 292 g/mol. The lowest BCUT2D eigenvalue weighted by Gasteiger charge is -2.27. The standard InChI is InChI=1S/C13H19BrN4/c1-9(13(2,3)4)7-15-12-16-11-6-5-10(14)8-18(11)17-12/h5-6,8-9H,7H2,1-4H3,(H,15,17). The van der Waals surface area contributed by atoms with Crippen LogP contribution in [0.5, 0.6) is 0 Å². The molecule has 2 aromatic rings. The number of nitrogens with zero attached hydrogens (tertiary/aromatic N) is 3. The molecule has 98 valence electrons. The first kappa shape index (κ1) is 13.3. The van der Waals surface area contributed by atoms with Crippen molar-refractivity contribution in [2.24, 2.45) is 11.3 Å². The number of pyridine rings is 1. The maximum absolute atomic E-state index is 4.43. The van der Waals surface area contributed by atoms with Crippen LogP contribution in [-0.4, -0.2) is 21.1 Å². The Bertz CT molecular complexity index is 541. The van der Waals surface area contributed by atoms with E-state index in [0.29, 0.717) is 11.9 Å². The summed E-state index contributed by atoms with van der Waals surface area (Å²) in [6.07, 6.45) is 1.90. The van der Waals surface area contributed by atoms with Crippen molar-refractivity contribution in [3.05, 3.63) is 22.8 Å². The van der Waals surface area contributed by atoms with Crippen molar-refractivity contribution in [3.8, 4) is 0 Å². The molecular formula is C13H19BrN4. The Morgan fingerprint density at radius 1 is 1.39 bits per heavy atom. The monoisotopic (exact) mass is 310 g/mol. The highest BCUT2D eigenvalue weighted by Crippen LogP contribution is 2.25.